The van der Waals surface area contributed by atoms with E-state index in [4.69, 9.17) is 0 Å². The van der Waals surface area contributed by atoms with Gasteiger partial charge in [-0.15, -0.1) is 0 Å². The molecule has 1 amide bonds. The van der Waals surface area contributed by atoms with Crippen molar-refractivity contribution in [2.24, 2.45) is 0 Å². The summed E-state index contributed by atoms with van der Waals surface area (Å²) in [6.45, 7) is 2.56. The number of rotatable bonds is 4. The van der Waals surface area contributed by atoms with Gasteiger partial charge in [0, 0.05) is 17.9 Å². The molecule has 124 valence electrons. The van der Waals surface area contributed by atoms with Crippen molar-refractivity contribution in [3.8, 4) is 0 Å². The average Bonchev–Trinajstić information content (AvgIpc) is 3.05. The molecule has 0 aromatic heterocycles. The van der Waals surface area contributed by atoms with Gasteiger partial charge in [0.2, 0.25) is 5.91 Å². The van der Waals surface area contributed by atoms with Gasteiger partial charge in [0.25, 0.3) is 0 Å². The highest BCUT2D eigenvalue weighted by molar-refractivity contribution is 6.00. The molecule has 0 radical (unpaired) electrons. The van der Waals surface area contributed by atoms with Gasteiger partial charge < -0.3 is 15.0 Å². The second-order valence-electron chi connectivity index (χ2n) is 5.80. The van der Waals surface area contributed by atoms with Gasteiger partial charge in [-0.2, -0.15) is 0 Å². The van der Waals surface area contributed by atoms with Crippen molar-refractivity contribution in [2.75, 3.05) is 23.9 Å². The molecule has 0 aliphatic carbocycles. The fourth-order valence-electron chi connectivity index (χ4n) is 2.93. The first kappa shape index (κ1) is 16.1. The summed E-state index contributed by atoms with van der Waals surface area (Å²) in [5.74, 6) is -0.337. The Morgan fingerprint density at radius 1 is 1.12 bits per heavy atom. The summed E-state index contributed by atoms with van der Waals surface area (Å²) in [5.41, 5.74) is 3.48. The molecule has 3 rings (SSSR count). The third-order valence-electron chi connectivity index (χ3n) is 4.21. The Kier molecular flexibility index (Phi) is 4.51. The molecule has 0 fully saturated rings. The zero-order chi connectivity index (χ0) is 17.1. The van der Waals surface area contributed by atoms with Crippen molar-refractivity contribution in [1.29, 1.82) is 0 Å². The maximum absolute atomic E-state index is 12.7. The standard InChI is InChI=1S/C19H20N2O3/c1-13(20-16-9-7-15(8-10-16)19(23)24-2)18(22)21-12-11-14-5-3-4-6-17(14)21/h3-10,13,20H,11-12H2,1-2H3/t13-/m1/s1. The highest BCUT2D eigenvalue weighted by atomic mass is 16.5. The Morgan fingerprint density at radius 2 is 1.83 bits per heavy atom. The maximum atomic E-state index is 12.7. The molecule has 0 saturated heterocycles. The lowest BCUT2D eigenvalue weighted by atomic mass is 10.1. The smallest absolute Gasteiger partial charge is 0.337 e. The van der Waals surface area contributed by atoms with Gasteiger partial charge in [-0.1, -0.05) is 18.2 Å². The molecule has 1 atom stereocenters. The molecule has 0 saturated carbocycles. The minimum Gasteiger partial charge on any atom is -0.465 e. The summed E-state index contributed by atoms with van der Waals surface area (Å²) in [6.07, 6.45) is 0.891. The number of para-hydroxylation sites is 1. The van der Waals surface area contributed by atoms with E-state index < -0.39 is 0 Å². The van der Waals surface area contributed by atoms with Crippen molar-refractivity contribution >= 4 is 23.3 Å². The van der Waals surface area contributed by atoms with Crippen LogP contribution in [0.15, 0.2) is 48.5 Å². The largest absolute Gasteiger partial charge is 0.465 e. The zero-order valence-corrected chi connectivity index (χ0v) is 13.8. The number of amides is 1. The predicted molar refractivity (Wildman–Crippen MR) is 93.4 cm³/mol. The molecule has 2 aromatic carbocycles. The van der Waals surface area contributed by atoms with Gasteiger partial charge in [0.1, 0.15) is 6.04 Å². The van der Waals surface area contributed by atoms with Gasteiger partial charge in [0.15, 0.2) is 0 Å². The molecule has 5 heteroatoms. The Bertz CT molecular complexity index is 755. The SMILES string of the molecule is COC(=O)c1ccc(N[C@H](C)C(=O)N2CCc3ccccc32)cc1. The lowest BCUT2D eigenvalue weighted by molar-refractivity contribution is -0.118. The van der Waals surface area contributed by atoms with Gasteiger partial charge in [0.05, 0.1) is 12.7 Å². The Hall–Kier alpha value is -2.82. The van der Waals surface area contributed by atoms with Crippen LogP contribution in [0.2, 0.25) is 0 Å². The van der Waals surface area contributed by atoms with E-state index in [1.165, 1.54) is 12.7 Å². The topological polar surface area (TPSA) is 58.6 Å². The van der Waals surface area contributed by atoms with Crippen molar-refractivity contribution < 1.29 is 14.3 Å². The van der Waals surface area contributed by atoms with E-state index in [0.29, 0.717) is 12.1 Å². The second-order valence-corrected chi connectivity index (χ2v) is 5.80. The van der Waals surface area contributed by atoms with Crippen molar-refractivity contribution in [3.05, 3.63) is 59.7 Å². The van der Waals surface area contributed by atoms with Crippen LogP contribution < -0.4 is 10.2 Å². The summed E-state index contributed by atoms with van der Waals surface area (Å²) in [4.78, 5) is 26.0. The molecule has 1 aliphatic heterocycles. The monoisotopic (exact) mass is 324 g/mol. The van der Waals surface area contributed by atoms with Crippen LogP contribution in [0.3, 0.4) is 0 Å². The maximum Gasteiger partial charge on any atom is 0.337 e. The quantitative estimate of drug-likeness (QED) is 0.879. The van der Waals surface area contributed by atoms with Crippen LogP contribution in [0, 0.1) is 0 Å². The Labute approximate surface area is 141 Å². The van der Waals surface area contributed by atoms with E-state index in [2.05, 4.69) is 16.1 Å². The van der Waals surface area contributed by atoms with E-state index in [0.717, 1.165) is 17.8 Å². The van der Waals surface area contributed by atoms with Crippen LogP contribution in [0.1, 0.15) is 22.8 Å². The van der Waals surface area contributed by atoms with Gasteiger partial charge in [-0.05, 0) is 49.2 Å². The number of benzene rings is 2. The number of nitrogens with one attached hydrogen (secondary N) is 1. The number of nitrogens with zero attached hydrogens (tertiary/aromatic N) is 1. The summed E-state index contributed by atoms with van der Waals surface area (Å²) < 4.78 is 4.68. The number of anilines is 2. The van der Waals surface area contributed by atoms with Crippen LogP contribution in [0.5, 0.6) is 0 Å². The third kappa shape index (κ3) is 3.11. The molecule has 1 aliphatic rings. The minimum absolute atomic E-state index is 0.0389. The van der Waals surface area contributed by atoms with E-state index in [1.807, 2.05) is 30.0 Å². The molecule has 2 aromatic rings. The van der Waals surface area contributed by atoms with E-state index in [-0.39, 0.29) is 17.9 Å². The number of ether oxygens (including phenoxy) is 1. The van der Waals surface area contributed by atoms with E-state index >= 15 is 0 Å². The molecule has 0 unspecified atom stereocenters. The first-order valence-corrected chi connectivity index (χ1v) is 7.94. The minimum atomic E-state index is -0.376. The molecule has 0 bridgehead atoms. The second kappa shape index (κ2) is 6.74. The number of fused-ring (bicyclic) bond motifs is 1. The molecule has 5 nitrogen and oxygen atoms in total. The number of carbonyl (C=O) groups excluding carboxylic acids is 2. The van der Waals surface area contributed by atoms with Crippen LogP contribution >= 0.6 is 0 Å². The van der Waals surface area contributed by atoms with Crippen molar-refractivity contribution in [1.82, 2.24) is 0 Å². The Balaban J connectivity index is 1.68. The van der Waals surface area contributed by atoms with E-state index in [9.17, 15) is 9.59 Å². The number of esters is 1. The van der Waals surface area contributed by atoms with Crippen LogP contribution in [0.25, 0.3) is 0 Å². The van der Waals surface area contributed by atoms with Crippen LogP contribution in [-0.4, -0.2) is 31.6 Å². The van der Waals surface area contributed by atoms with Gasteiger partial charge in [-0.3, -0.25) is 4.79 Å². The van der Waals surface area contributed by atoms with Gasteiger partial charge in [-0.25, -0.2) is 4.79 Å². The predicted octanol–water partition coefficient (Wildman–Crippen LogP) is 2.86. The third-order valence-corrected chi connectivity index (χ3v) is 4.21. The van der Waals surface area contributed by atoms with Crippen molar-refractivity contribution in [2.45, 2.75) is 19.4 Å². The average molecular weight is 324 g/mol. The first-order chi connectivity index (χ1) is 11.6. The molecular weight excluding hydrogens is 304 g/mol. The van der Waals surface area contributed by atoms with Crippen LogP contribution in [-0.2, 0) is 16.0 Å². The van der Waals surface area contributed by atoms with Gasteiger partial charge >= 0.3 is 5.97 Å². The number of carbonyl (C=O) groups is 2. The zero-order valence-electron chi connectivity index (χ0n) is 13.8. The number of hydrogen-bond acceptors (Lipinski definition) is 4. The van der Waals surface area contributed by atoms with Crippen molar-refractivity contribution in [3.63, 3.8) is 0 Å². The first-order valence-electron chi connectivity index (χ1n) is 7.94. The molecule has 1 heterocycles. The van der Waals surface area contributed by atoms with E-state index in [1.54, 1.807) is 24.3 Å². The number of methoxy groups -OCH3 is 1. The normalized spacial score (nSPS) is 14.0. The lowest BCUT2D eigenvalue weighted by Gasteiger charge is -2.23. The summed E-state index contributed by atoms with van der Waals surface area (Å²) >= 11 is 0. The highest BCUT2D eigenvalue weighted by Crippen LogP contribution is 2.28. The highest BCUT2D eigenvalue weighted by Gasteiger charge is 2.27. The summed E-state index contributed by atoms with van der Waals surface area (Å²) in [7, 11) is 1.35. The molecule has 0 spiro atoms. The fourth-order valence-corrected chi connectivity index (χ4v) is 2.93. The molecule has 24 heavy (non-hydrogen) atoms. The van der Waals surface area contributed by atoms with Crippen LogP contribution in [0.4, 0.5) is 11.4 Å². The lowest BCUT2D eigenvalue weighted by Crippen LogP contribution is -2.40. The summed E-state index contributed by atoms with van der Waals surface area (Å²) in [5, 5.41) is 3.19. The molecular formula is C19H20N2O3. The number of hydrogen-bond donors (Lipinski definition) is 1. The Morgan fingerprint density at radius 3 is 2.54 bits per heavy atom. The fraction of sp³-hybridized carbons (Fsp3) is 0.263. The summed E-state index contributed by atoms with van der Waals surface area (Å²) in [6, 6.07) is 14.5. The molecule has 1 N–H and O–H groups in total.